The zero-order chi connectivity index (χ0) is 13.0. The summed E-state index contributed by atoms with van der Waals surface area (Å²) < 4.78 is 1.76. The van der Waals surface area contributed by atoms with E-state index in [1.807, 2.05) is 6.20 Å². The number of aromatic nitrogens is 1. The predicted octanol–water partition coefficient (Wildman–Crippen LogP) is 1.15. The van der Waals surface area contributed by atoms with Crippen LogP contribution in [0.4, 0.5) is 0 Å². The van der Waals surface area contributed by atoms with E-state index in [-0.39, 0.29) is 24.8 Å². The summed E-state index contributed by atoms with van der Waals surface area (Å²) in [5.41, 5.74) is 1.83. The summed E-state index contributed by atoms with van der Waals surface area (Å²) in [6.07, 6.45) is 12.3. The van der Waals surface area contributed by atoms with Gasteiger partial charge in [0, 0.05) is 24.4 Å². The number of aryl methyl sites for hydroxylation is 1. The SMILES string of the molecule is C#CCNC(=O)Cn1cc2c(c1)C(=O)CCCC2. The highest BCUT2D eigenvalue weighted by molar-refractivity contribution is 5.97. The number of hydrogen-bond acceptors (Lipinski definition) is 2. The molecule has 0 saturated heterocycles. The number of terminal acetylenes is 1. The van der Waals surface area contributed by atoms with Crippen molar-refractivity contribution in [1.82, 2.24) is 9.88 Å². The molecule has 94 valence electrons. The molecule has 0 atom stereocenters. The Kier molecular flexibility index (Phi) is 3.83. The Morgan fingerprint density at radius 2 is 2.17 bits per heavy atom. The minimum Gasteiger partial charge on any atom is -0.344 e. The molecule has 1 aliphatic carbocycles. The highest BCUT2D eigenvalue weighted by Crippen LogP contribution is 2.21. The topological polar surface area (TPSA) is 51.1 Å². The van der Waals surface area contributed by atoms with Crippen LogP contribution in [-0.2, 0) is 17.8 Å². The number of nitrogens with one attached hydrogen (secondary N) is 1. The molecule has 1 aliphatic rings. The standard InChI is InChI=1S/C14H16N2O2/c1-2-7-15-14(18)10-16-8-11-5-3-4-6-13(17)12(11)9-16/h1,8-9H,3-7,10H2,(H,15,18). The molecule has 0 fully saturated rings. The quantitative estimate of drug-likeness (QED) is 0.640. The lowest BCUT2D eigenvalue weighted by atomic mass is 10.1. The maximum atomic E-state index is 11.8. The van der Waals surface area contributed by atoms with Crippen LogP contribution in [0.5, 0.6) is 0 Å². The molecule has 1 aromatic rings. The van der Waals surface area contributed by atoms with Gasteiger partial charge in [0.1, 0.15) is 6.54 Å². The largest absolute Gasteiger partial charge is 0.344 e. The van der Waals surface area contributed by atoms with Gasteiger partial charge in [-0.2, -0.15) is 0 Å². The fourth-order valence-electron chi connectivity index (χ4n) is 2.20. The Labute approximate surface area is 106 Å². The number of amides is 1. The first kappa shape index (κ1) is 12.4. The first-order chi connectivity index (χ1) is 8.70. The minimum absolute atomic E-state index is 0.134. The summed E-state index contributed by atoms with van der Waals surface area (Å²) in [4.78, 5) is 23.4. The predicted molar refractivity (Wildman–Crippen MR) is 68.2 cm³/mol. The number of fused-ring (bicyclic) bond motifs is 1. The fraction of sp³-hybridized carbons (Fsp3) is 0.429. The third-order valence-corrected chi connectivity index (χ3v) is 3.08. The van der Waals surface area contributed by atoms with Crippen LogP contribution in [0.1, 0.15) is 35.2 Å². The molecule has 18 heavy (non-hydrogen) atoms. The number of carbonyl (C=O) groups is 2. The lowest BCUT2D eigenvalue weighted by Crippen LogP contribution is -2.27. The summed E-state index contributed by atoms with van der Waals surface area (Å²) >= 11 is 0. The van der Waals surface area contributed by atoms with Crippen molar-refractivity contribution in [2.24, 2.45) is 0 Å². The molecule has 0 spiro atoms. The van der Waals surface area contributed by atoms with Gasteiger partial charge in [0.25, 0.3) is 0 Å². The van der Waals surface area contributed by atoms with Crippen LogP contribution in [0.15, 0.2) is 12.4 Å². The molecule has 1 N–H and O–H groups in total. The Morgan fingerprint density at radius 1 is 1.39 bits per heavy atom. The van der Waals surface area contributed by atoms with E-state index < -0.39 is 0 Å². The van der Waals surface area contributed by atoms with E-state index in [4.69, 9.17) is 6.42 Å². The van der Waals surface area contributed by atoms with E-state index >= 15 is 0 Å². The van der Waals surface area contributed by atoms with Crippen molar-refractivity contribution < 1.29 is 9.59 Å². The van der Waals surface area contributed by atoms with Gasteiger partial charge in [0.05, 0.1) is 6.54 Å². The second kappa shape index (κ2) is 5.54. The molecule has 1 aromatic heterocycles. The highest BCUT2D eigenvalue weighted by atomic mass is 16.2. The zero-order valence-electron chi connectivity index (χ0n) is 10.2. The molecule has 0 unspecified atom stereocenters. The molecule has 1 amide bonds. The van der Waals surface area contributed by atoms with Gasteiger partial charge in [-0.25, -0.2) is 0 Å². The fourth-order valence-corrected chi connectivity index (χ4v) is 2.20. The Hall–Kier alpha value is -2.02. The maximum Gasteiger partial charge on any atom is 0.240 e. The zero-order valence-corrected chi connectivity index (χ0v) is 10.2. The van der Waals surface area contributed by atoms with Crippen molar-refractivity contribution in [2.45, 2.75) is 32.2 Å². The molecule has 4 heteroatoms. The average Bonchev–Trinajstić information content (AvgIpc) is 2.67. The normalized spacial score (nSPS) is 14.5. The monoisotopic (exact) mass is 244 g/mol. The number of hydrogen-bond donors (Lipinski definition) is 1. The Balaban J connectivity index is 2.08. The first-order valence-electron chi connectivity index (χ1n) is 6.12. The van der Waals surface area contributed by atoms with Gasteiger partial charge in [0.15, 0.2) is 5.78 Å². The lowest BCUT2D eigenvalue weighted by Gasteiger charge is -2.02. The number of rotatable bonds is 3. The number of carbonyl (C=O) groups excluding carboxylic acids is 2. The van der Waals surface area contributed by atoms with Crippen molar-refractivity contribution in [3.8, 4) is 12.3 Å². The Bertz CT molecular complexity index is 508. The second-order valence-electron chi connectivity index (χ2n) is 4.48. The van der Waals surface area contributed by atoms with Crippen LogP contribution < -0.4 is 5.32 Å². The van der Waals surface area contributed by atoms with E-state index in [9.17, 15) is 9.59 Å². The van der Waals surface area contributed by atoms with Crippen LogP contribution in [0.3, 0.4) is 0 Å². The lowest BCUT2D eigenvalue weighted by molar-refractivity contribution is -0.121. The summed E-state index contributed by atoms with van der Waals surface area (Å²) in [6, 6.07) is 0. The van der Waals surface area contributed by atoms with Crippen LogP contribution in [0.25, 0.3) is 0 Å². The Morgan fingerprint density at radius 3 is 2.94 bits per heavy atom. The maximum absolute atomic E-state index is 11.8. The van der Waals surface area contributed by atoms with E-state index in [2.05, 4.69) is 11.2 Å². The van der Waals surface area contributed by atoms with Gasteiger partial charge < -0.3 is 9.88 Å². The molecule has 2 rings (SSSR count). The van der Waals surface area contributed by atoms with Crippen molar-refractivity contribution in [3.05, 3.63) is 23.5 Å². The van der Waals surface area contributed by atoms with Gasteiger partial charge in [-0.3, -0.25) is 9.59 Å². The van der Waals surface area contributed by atoms with Gasteiger partial charge in [-0.05, 0) is 24.8 Å². The molecule has 1 heterocycles. The van der Waals surface area contributed by atoms with Gasteiger partial charge in [0.2, 0.25) is 5.91 Å². The highest BCUT2D eigenvalue weighted by Gasteiger charge is 2.18. The first-order valence-corrected chi connectivity index (χ1v) is 6.12. The molecular weight excluding hydrogens is 228 g/mol. The molecule has 0 aromatic carbocycles. The average molecular weight is 244 g/mol. The minimum atomic E-state index is -0.134. The number of nitrogens with zero attached hydrogens (tertiary/aromatic N) is 1. The van der Waals surface area contributed by atoms with Crippen LogP contribution >= 0.6 is 0 Å². The van der Waals surface area contributed by atoms with E-state index in [0.717, 1.165) is 30.4 Å². The summed E-state index contributed by atoms with van der Waals surface area (Å²) in [7, 11) is 0. The molecule has 0 aliphatic heterocycles. The molecule has 0 bridgehead atoms. The van der Waals surface area contributed by atoms with Crippen molar-refractivity contribution >= 4 is 11.7 Å². The van der Waals surface area contributed by atoms with Crippen LogP contribution in [0, 0.1) is 12.3 Å². The third-order valence-electron chi connectivity index (χ3n) is 3.08. The van der Waals surface area contributed by atoms with E-state index in [1.54, 1.807) is 10.8 Å². The van der Waals surface area contributed by atoms with E-state index in [0.29, 0.717) is 6.42 Å². The van der Waals surface area contributed by atoms with Gasteiger partial charge in [-0.15, -0.1) is 6.42 Å². The summed E-state index contributed by atoms with van der Waals surface area (Å²) in [5, 5.41) is 2.60. The molecule has 4 nitrogen and oxygen atoms in total. The van der Waals surface area contributed by atoms with Crippen molar-refractivity contribution in [1.29, 1.82) is 0 Å². The number of ketones is 1. The third kappa shape index (κ3) is 2.80. The van der Waals surface area contributed by atoms with Crippen molar-refractivity contribution in [2.75, 3.05) is 6.54 Å². The number of Topliss-reactive ketones (excluding diaryl/α,β-unsaturated/α-hetero) is 1. The summed E-state index contributed by atoms with van der Waals surface area (Å²) in [5.74, 6) is 2.41. The molecule has 0 saturated carbocycles. The second-order valence-corrected chi connectivity index (χ2v) is 4.48. The van der Waals surface area contributed by atoms with Gasteiger partial charge >= 0.3 is 0 Å². The van der Waals surface area contributed by atoms with E-state index in [1.165, 1.54) is 0 Å². The van der Waals surface area contributed by atoms with Crippen LogP contribution in [-0.4, -0.2) is 22.8 Å². The smallest absolute Gasteiger partial charge is 0.240 e. The summed E-state index contributed by atoms with van der Waals surface area (Å²) in [6.45, 7) is 0.445. The molecule has 0 radical (unpaired) electrons. The molecular formula is C14H16N2O2. The van der Waals surface area contributed by atoms with Crippen LogP contribution in [0.2, 0.25) is 0 Å². The van der Waals surface area contributed by atoms with Crippen molar-refractivity contribution in [3.63, 3.8) is 0 Å². The van der Waals surface area contributed by atoms with Gasteiger partial charge in [-0.1, -0.05) is 5.92 Å².